The monoisotopic (exact) mass is 444 g/mol. The van der Waals surface area contributed by atoms with Crippen molar-refractivity contribution >= 4 is 15.9 Å². The molecule has 1 amide bonds. The van der Waals surface area contributed by atoms with Crippen molar-refractivity contribution in [1.29, 1.82) is 0 Å². The van der Waals surface area contributed by atoms with Crippen molar-refractivity contribution in [1.82, 2.24) is 9.62 Å². The van der Waals surface area contributed by atoms with Gasteiger partial charge in [-0.25, -0.2) is 13.1 Å². The highest BCUT2D eigenvalue weighted by Crippen LogP contribution is 2.25. The number of amides is 1. The Morgan fingerprint density at radius 2 is 1.81 bits per heavy atom. The van der Waals surface area contributed by atoms with Crippen LogP contribution in [0.4, 0.5) is 0 Å². The Hall–Kier alpha value is -2.38. The van der Waals surface area contributed by atoms with Crippen molar-refractivity contribution in [2.45, 2.75) is 44.4 Å². The molecule has 1 N–H and O–H groups in total. The zero-order chi connectivity index (χ0) is 22.3. The lowest BCUT2D eigenvalue weighted by Gasteiger charge is -2.32. The molecule has 0 aliphatic carbocycles. The van der Waals surface area contributed by atoms with Crippen LogP contribution in [0.25, 0.3) is 0 Å². The van der Waals surface area contributed by atoms with Crippen LogP contribution in [0.15, 0.2) is 53.4 Å². The summed E-state index contributed by atoms with van der Waals surface area (Å²) in [7, 11) is -3.57. The third-order valence-electron chi connectivity index (χ3n) is 5.70. The lowest BCUT2D eigenvalue weighted by molar-refractivity contribution is 0.0686. The van der Waals surface area contributed by atoms with Gasteiger partial charge in [-0.15, -0.1) is 0 Å². The Morgan fingerprint density at radius 3 is 2.45 bits per heavy atom. The van der Waals surface area contributed by atoms with E-state index in [-0.39, 0.29) is 10.8 Å². The number of sulfonamides is 1. The highest BCUT2D eigenvalue weighted by molar-refractivity contribution is 7.89. The lowest BCUT2D eigenvalue weighted by Crippen LogP contribution is -2.38. The maximum atomic E-state index is 12.9. The zero-order valence-electron chi connectivity index (χ0n) is 18.3. The number of nitrogens with one attached hydrogen (secondary N) is 1. The van der Waals surface area contributed by atoms with E-state index in [4.69, 9.17) is 4.74 Å². The van der Waals surface area contributed by atoms with Gasteiger partial charge in [0.2, 0.25) is 10.0 Å². The van der Waals surface area contributed by atoms with E-state index in [1.54, 1.807) is 19.1 Å². The SMILES string of the molecule is CCNS(=O)(=O)c1cccc(C(=O)N2CCC(CCc3ccc(OCC)cc3)CC2)c1. The minimum atomic E-state index is -3.57. The smallest absolute Gasteiger partial charge is 0.253 e. The van der Waals surface area contributed by atoms with Gasteiger partial charge in [0.05, 0.1) is 11.5 Å². The number of nitrogens with zero attached hydrogens (tertiary/aromatic N) is 1. The molecule has 6 nitrogen and oxygen atoms in total. The van der Waals surface area contributed by atoms with Gasteiger partial charge in [-0.3, -0.25) is 4.79 Å². The van der Waals surface area contributed by atoms with E-state index < -0.39 is 10.0 Å². The van der Waals surface area contributed by atoms with Crippen LogP contribution in [-0.2, 0) is 16.4 Å². The second-order valence-corrected chi connectivity index (χ2v) is 9.65. The molecule has 1 aliphatic rings. The summed E-state index contributed by atoms with van der Waals surface area (Å²) in [5, 5.41) is 0. The molecule has 0 atom stereocenters. The minimum Gasteiger partial charge on any atom is -0.494 e. The molecule has 0 saturated carbocycles. The number of carbonyl (C=O) groups is 1. The minimum absolute atomic E-state index is 0.0986. The summed E-state index contributed by atoms with van der Waals surface area (Å²) >= 11 is 0. The molecule has 2 aromatic carbocycles. The molecular weight excluding hydrogens is 412 g/mol. The fraction of sp³-hybridized carbons (Fsp3) is 0.458. The largest absolute Gasteiger partial charge is 0.494 e. The summed E-state index contributed by atoms with van der Waals surface area (Å²) in [6.45, 7) is 6.10. The molecular formula is C24H32N2O4S. The van der Waals surface area contributed by atoms with E-state index in [1.807, 2.05) is 24.0 Å². The van der Waals surface area contributed by atoms with Gasteiger partial charge in [0.1, 0.15) is 5.75 Å². The van der Waals surface area contributed by atoms with E-state index in [0.29, 0.717) is 37.7 Å². The second kappa shape index (κ2) is 10.8. The number of carbonyl (C=O) groups excluding carboxylic acids is 1. The Balaban J connectivity index is 1.52. The van der Waals surface area contributed by atoms with Gasteiger partial charge in [0.25, 0.3) is 5.91 Å². The Morgan fingerprint density at radius 1 is 1.10 bits per heavy atom. The van der Waals surface area contributed by atoms with Crippen molar-refractivity contribution in [3.05, 3.63) is 59.7 Å². The summed E-state index contributed by atoms with van der Waals surface area (Å²) in [6, 6.07) is 14.6. The summed E-state index contributed by atoms with van der Waals surface area (Å²) in [5.74, 6) is 1.40. The first-order valence-corrected chi connectivity index (χ1v) is 12.5. The van der Waals surface area contributed by atoms with Crippen LogP contribution in [-0.4, -0.2) is 45.5 Å². The molecule has 1 fully saturated rings. The predicted octanol–water partition coefficient (Wildman–Crippen LogP) is 3.87. The van der Waals surface area contributed by atoms with Crippen molar-refractivity contribution in [2.24, 2.45) is 5.92 Å². The van der Waals surface area contributed by atoms with Gasteiger partial charge < -0.3 is 9.64 Å². The second-order valence-electron chi connectivity index (χ2n) is 7.88. The third kappa shape index (κ3) is 6.31. The number of rotatable bonds is 9. The summed E-state index contributed by atoms with van der Waals surface area (Å²) in [5.41, 5.74) is 1.73. The van der Waals surface area contributed by atoms with Gasteiger partial charge in [-0.1, -0.05) is 25.1 Å². The first kappa shape index (κ1) is 23.3. The van der Waals surface area contributed by atoms with E-state index in [2.05, 4.69) is 16.9 Å². The van der Waals surface area contributed by atoms with Crippen molar-refractivity contribution < 1.29 is 17.9 Å². The normalized spacial score (nSPS) is 15.1. The number of piperidine rings is 1. The molecule has 0 spiro atoms. The van der Waals surface area contributed by atoms with Crippen LogP contribution in [0.5, 0.6) is 5.75 Å². The molecule has 168 valence electrons. The Kier molecular flexibility index (Phi) is 8.09. The van der Waals surface area contributed by atoms with Gasteiger partial charge in [0.15, 0.2) is 0 Å². The van der Waals surface area contributed by atoms with Gasteiger partial charge >= 0.3 is 0 Å². The first-order valence-electron chi connectivity index (χ1n) is 11.0. The molecule has 1 heterocycles. The quantitative estimate of drug-likeness (QED) is 0.637. The molecule has 0 aromatic heterocycles. The molecule has 1 aliphatic heterocycles. The Bertz CT molecular complexity index is 965. The van der Waals surface area contributed by atoms with Crippen LogP contribution in [0.3, 0.4) is 0 Å². The fourth-order valence-electron chi connectivity index (χ4n) is 3.97. The molecule has 7 heteroatoms. The van der Waals surface area contributed by atoms with E-state index in [1.165, 1.54) is 17.7 Å². The molecule has 0 bridgehead atoms. The third-order valence-corrected chi connectivity index (χ3v) is 7.25. The van der Waals surface area contributed by atoms with Gasteiger partial charge in [-0.2, -0.15) is 0 Å². The van der Waals surface area contributed by atoms with E-state index in [0.717, 1.165) is 31.4 Å². The van der Waals surface area contributed by atoms with Crippen LogP contribution in [0.2, 0.25) is 0 Å². The topological polar surface area (TPSA) is 75.7 Å². The van der Waals surface area contributed by atoms with Crippen LogP contribution >= 0.6 is 0 Å². The number of ether oxygens (including phenoxy) is 1. The highest BCUT2D eigenvalue weighted by Gasteiger charge is 2.24. The predicted molar refractivity (Wildman–Crippen MR) is 122 cm³/mol. The number of hydrogen-bond donors (Lipinski definition) is 1. The maximum Gasteiger partial charge on any atom is 0.253 e. The number of aryl methyl sites for hydroxylation is 1. The lowest BCUT2D eigenvalue weighted by atomic mass is 9.90. The van der Waals surface area contributed by atoms with Gasteiger partial charge in [0, 0.05) is 25.2 Å². The zero-order valence-corrected chi connectivity index (χ0v) is 19.2. The fourth-order valence-corrected chi connectivity index (χ4v) is 5.05. The highest BCUT2D eigenvalue weighted by atomic mass is 32.2. The molecule has 0 unspecified atom stereocenters. The standard InChI is InChI=1S/C24H32N2O4S/c1-3-25-31(28,29)23-7-5-6-21(18-23)24(27)26-16-14-20(15-17-26)9-8-19-10-12-22(13-11-19)30-4-2/h5-7,10-13,18,20,25H,3-4,8-9,14-17H2,1-2H3. The van der Waals surface area contributed by atoms with E-state index >= 15 is 0 Å². The Labute approximate surface area is 185 Å². The number of benzene rings is 2. The average molecular weight is 445 g/mol. The van der Waals surface area contributed by atoms with Crippen molar-refractivity contribution in [3.63, 3.8) is 0 Å². The molecule has 0 radical (unpaired) electrons. The first-order chi connectivity index (χ1) is 14.9. The van der Waals surface area contributed by atoms with Crippen LogP contribution in [0.1, 0.15) is 49.0 Å². The summed E-state index contributed by atoms with van der Waals surface area (Å²) in [6.07, 6.45) is 4.07. The van der Waals surface area contributed by atoms with Crippen LogP contribution in [0, 0.1) is 5.92 Å². The molecule has 2 aromatic rings. The summed E-state index contributed by atoms with van der Waals surface area (Å²) in [4.78, 5) is 14.9. The average Bonchev–Trinajstić information content (AvgIpc) is 2.79. The van der Waals surface area contributed by atoms with Gasteiger partial charge in [-0.05, 0) is 74.4 Å². The molecule has 31 heavy (non-hydrogen) atoms. The number of likely N-dealkylation sites (tertiary alicyclic amines) is 1. The molecule has 1 saturated heterocycles. The van der Waals surface area contributed by atoms with E-state index in [9.17, 15) is 13.2 Å². The van der Waals surface area contributed by atoms with Crippen LogP contribution < -0.4 is 9.46 Å². The number of hydrogen-bond acceptors (Lipinski definition) is 4. The van der Waals surface area contributed by atoms with Crippen molar-refractivity contribution in [2.75, 3.05) is 26.2 Å². The maximum absolute atomic E-state index is 12.9. The van der Waals surface area contributed by atoms with Crippen molar-refractivity contribution in [3.8, 4) is 5.75 Å². The molecule has 3 rings (SSSR count). The summed E-state index contributed by atoms with van der Waals surface area (Å²) < 4.78 is 32.4.